The number of aromatic nitrogens is 3. The van der Waals surface area contributed by atoms with Crippen LogP contribution in [-0.2, 0) is 10.2 Å². The summed E-state index contributed by atoms with van der Waals surface area (Å²) in [5.74, 6) is -0.359. The summed E-state index contributed by atoms with van der Waals surface area (Å²) in [6.07, 6.45) is 7.69. The summed E-state index contributed by atoms with van der Waals surface area (Å²) >= 11 is 6.39. The second-order valence-corrected chi connectivity index (χ2v) is 7.56. The lowest BCUT2D eigenvalue weighted by molar-refractivity contribution is -0.120. The topological polar surface area (TPSA) is 98.8 Å². The molecule has 7 heteroatoms. The fourth-order valence-electron chi connectivity index (χ4n) is 3.33. The quantitative estimate of drug-likeness (QED) is 0.640. The van der Waals surface area contributed by atoms with E-state index in [-0.39, 0.29) is 11.7 Å². The molecule has 3 aromatic heterocycles. The Morgan fingerprint density at radius 2 is 1.79 bits per heavy atom. The van der Waals surface area contributed by atoms with Gasteiger partial charge < -0.3 is 5.73 Å². The summed E-state index contributed by atoms with van der Waals surface area (Å²) in [5.41, 5.74) is 7.27. The molecule has 3 aromatic rings. The Bertz CT molecular complexity index is 1110. The minimum atomic E-state index is -0.624. The maximum absolute atomic E-state index is 12.0. The van der Waals surface area contributed by atoms with Gasteiger partial charge in [-0.3, -0.25) is 24.5 Å². The number of Topliss-reactive ketones (excluding diaryl/α,β-unsaturated/α-hetero) is 1. The summed E-state index contributed by atoms with van der Waals surface area (Å²) in [4.78, 5) is 36.9. The summed E-state index contributed by atoms with van der Waals surface area (Å²) < 4.78 is 0. The molecule has 0 bridgehead atoms. The van der Waals surface area contributed by atoms with Crippen LogP contribution in [0.2, 0.25) is 5.02 Å². The zero-order valence-electron chi connectivity index (χ0n) is 15.4. The molecule has 1 amide bonds. The summed E-state index contributed by atoms with van der Waals surface area (Å²) in [5, 5.41) is 2.17. The first kappa shape index (κ1) is 18.5. The number of primary amides is 1. The number of carbonyl (C=O) groups is 2. The lowest BCUT2D eigenvalue weighted by Crippen LogP contribution is -2.29. The summed E-state index contributed by atoms with van der Waals surface area (Å²) in [7, 11) is 0. The molecule has 0 saturated heterocycles. The number of fused-ring (bicyclic) bond motifs is 1. The predicted octanol–water partition coefficient (Wildman–Crippen LogP) is 3.84. The van der Waals surface area contributed by atoms with Crippen LogP contribution >= 0.6 is 11.6 Å². The van der Waals surface area contributed by atoms with Crippen molar-refractivity contribution in [3.05, 3.63) is 53.2 Å². The van der Waals surface area contributed by atoms with Crippen LogP contribution in [-0.4, -0.2) is 26.6 Å². The summed E-state index contributed by atoms with van der Waals surface area (Å²) in [6.45, 7) is 1.95. The van der Waals surface area contributed by atoms with Gasteiger partial charge in [-0.2, -0.15) is 0 Å². The minimum absolute atomic E-state index is 0.0254. The van der Waals surface area contributed by atoms with E-state index < -0.39 is 5.41 Å². The number of carbonyl (C=O) groups excluding carboxylic acids is 2. The first-order chi connectivity index (χ1) is 13.4. The van der Waals surface area contributed by atoms with Crippen molar-refractivity contribution in [3.8, 4) is 11.3 Å². The average Bonchev–Trinajstić information content (AvgIpc) is 3.49. The second-order valence-electron chi connectivity index (χ2n) is 7.16. The molecule has 1 fully saturated rings. The van der Waals surface area contributed by atoms with Crippen LogP contribution in [0.1, 0.15) is 48.8 Å². The monoisotopic (exact) mass is 394 g/mol. The zero-order chi connectivity index (χ0) is 19.9. The third kappa shape index (κ3) is 3.14. The molecule has 0 aliphatic heterocycles. The highest BCUT2D eigenvalue weighted by molar-refractivity contribution is 6.33. The number of hydrogen-bond donors (Lipinski definition) is 1. The number of nitrogens with two attached hydrogens (primary N) is 1. The highest BCUT2D eigenvalue weighted by Gasteiger charge is 2.51. The van der Waals surface area contributed by atoms with Crippen LogP contribution in [0.15, 0.2) is 36.8 Å². The first-order valence-corrected chi connectivity index (χ1v) is 9.58. The molecule has 4 rings (SSSR count). The molecule has 0 radical (unpaired) electrons. The number of pyridine rings is 3. The van der Waals surface area contributed by atoms with Gasteiger partial charge in [0.1, 0.15) is 5.69 Å². The Hall–Kier alpha value is -2.86. The lowest BCUT2D eigenvalue weighted by Gasteiger charge is -2.11. The Balaban J connectivity index is 1.69. The molecule has 0 unspecified atom stereocenters. The Morgan fingerprint density at radius 3 is 2.43 bits per heavy atom. The van der Waals surface area contributed by atoms with Gasteiger partial charge in [-0.05, 0) is 37.5 Å². The number of halogens is 1. The van der Waals surface area contributed by atoms with Crippen molar-refractivity contribution in [3.63, 3.8) is 0 Å². The Labute approximate surface area is 167 Å². The fraction of sp³-hybridized carbons (Fsp3) is 0.286. The highest BCUT2D eigenvalue weighted by Crippen LogP contribution is 2.47. The Kier molecular flexibility index (Phi) is 4.59. The molecule has 0 spiro atoms. The number of rotatable bonds is 6. The van der Waals surface area contributed by atoms with E-state index in [1.165, 1.54) is 0 Å². The van der Waals surface area contributed by atoms with Crippen molar-refractivity contribution < 1.29 is 9.59 Å². The van der Waals surface area contributed by atoms with Gasteiger partial charge in [0.05, 0.1) is 21.8 Å². The molecule has 28 heavy (non-hydrogen) atoms. The van der Waals surface area contributed by atoms with Crippen LogP contribution in [0.5, 0.6) is 0 Å². The van der Waals surface area contributed by atoms with Gasteiger partial charge in [-0.25, -0.2) is 0 Å². The largest absolute Gasteiger partial charge is 0.369 e. The highest BCUT2D eigenvalue weighted by atomic mass is 35.5. The van der Waals surface area contributed by atoms with Gasteiger partial charge in [0.2, 0.25) is 5.91 Å². The molecule has 1 aliphatic rings. The molecule has 1 aliphatic carbocycles. The van der Waals surface area contributed by atoms with Crippen LogP contribution in [0.25, 0.3) is 22.0 Å². The van der Waals surface area contributed by atoms with Gasteiger partial charge >= 0.3 is 0 Å². The van der Waals surface area contributed by atoms with Crippen molar-refractivity contribution in [2.45, 2.75) is 38.0 Å². The smallest absolute Gasteiger partial charge is 0.229 e. The molecule has 142 valence electrons. The van der Waals surface area contributed by atoms with Crippen LogP contribution < -0.4 is 5.73 Å². The SMILES string of the molecule is CCCC(=O)c1cc(Cl)c(-c2cc3cnc(C4(C(N)=O)CC4)cc3cn2)cn1. The van der Waals surface area contributed by atoms with E-state index in [0.717, 1.165) is 30.0 Å². The van der Waals surface area contributed by atoms with Crippen LogP contribution in [0, 0.1) is 0 Å². The van der Waals surface area contributed by atoms with Gasteiger partial charge in [-0.1, -0.05) is 18.5 Å². The molecule has 1 saturated carbocycles. The van der Waals surface area contributed by atoms with E-state index in [1.807, 2.05) is 19.1 Å². The maximum Gasteiger partial charge on any atom is 0.229 e. The normalized spacial score (nSPS) is 14.8. The van der Waals surface area contributed by atoms with E-state index in [1.54, 1.807) is 24.7 Å². The van der Waals surface area contributed by atoms with Crippen molar-refractivity contribution in [2.75, 3.05) is 0 Å². The minimum Gasteiger partial charge on any atom is -0.369 e. The molecular formula is C21H19ClN4O2. The third-order valence-corrected chi connectivity index (χ3v) is 5.52. The van der Waals surface area contributed by atoms with Crippen molar-refractivity contribution in [2.24, 2.45) is 5.73 Å². The van der Waals surface area contributed by atoms with Gasteiger partial charge in [0, 0.05) is 41.3 Å². The van der Waals surface area contributed by atoms with Gasteiger partial charge in [-0.15, -0.1) is 0 Å². The second kappa shape index (κ2) is 6.95. The molecule has 2 N–H and O–H groups in total. The zero-order valence-corrected chi connectivity index (χ0v) is 16.2. The van der Waals surface area contributed by atoms with Crippen LogP contribution in [0.4, 0.5) is 0 Å². The average molecular weight is 395 g/mol. The van der Waals surface area contributed by atoms with E-state index in [0.29, 0.717) is 34.1 Å². The summed E-state index contributed by atoms with van der Waals surface area (Å²) in [6, 6.07) is 5.33. The molecular weight excluding hydrogens is 376 g/mol. The van der Waals surface area contributed by atoms with E-state index in [2.05, 4.69) is 15.0 Å². The van der Waals surface area contributed by atoms with E-state index in [4.69, 9.17) is 17.3 Å². The van der Waals surface area contributed by atoms with Gasteiger partial charge in [0.15, 0.2) is 5.78 Å². The maximum atomic E-state index is 12.0. The van der Waals surface area contributed by atoms with Crippen molar-refractivity contribution >= 4 is 34.1 Å². The predicted molar refractivity (Wildman–Crippen MR) is 107 cm³/mol. The molecule has 0 aromatic carbocycles. The molecule has 6 nitrogen and oxygen atoms in total. The molecule has 3 heterocycles. The van der Waals surface area contributed by atoms with Crippen LogP contribution in [0.3, 0.4) is 0 Å². The number of amides is 1. The number of hydrogen-bond acceptors (Lipinski definition) is 5. The fourth-order valence-corrected chi connectivity index (χ4v) is 3.58. The van der Waals surface area contributed by atoms with Crippen molar-refractivity contribution in [1.82, 2.24) is 15.0 Å². The number of nitrogens with zero attached hydrogens (tertiary/aromatic N) is 3. The lowest BCUT2D eigenvalue weighted by atomic mass is 9.99. The standard InChI is InChI=1S/C21H19ClN4O2/c1-2-3-18(27)17-8-15(22)14(11-25-17)16-6-12-10-26-19(7-13(12)9-24-16)21(4-5-21)20(23)28/h6-11H,2-5H2,1H3,(H2,23,28). The van der Waals surface area contributed by atoms with Crippen molar-refractivity contribution in [1.29, 1.82) is 0 Å². The van der Waals surface area contributed by atoms with E-state index >= 15 is 0 Å². The van der Waals surface area contributed by atoms with E-state index in [9.17, 15) is 9.59 Å². The number of ketones is 1. The molecule has 0 atom stereocenters. The van der Waals surface area contributed by atoms with Gasteiger partial charge in [0.25, 0.3) is 0 Å². The first-order valence-electron chi connectivity index (χ1n) is 9.20. The Morgan fingerprint density at radius 1 is 1.07 bits per heavy atom. The third-order valence-electron chi connectivity index (χ3n) is 5.21.